The first-order valence-electron chi connectivity index (χ1n) is 9.88. The summed E-state index contributed by atoms with van der Waals surface area (Å²) in [7, 11) is 0. The van der Waals surface area contributed by atoms with Crippen LogP contribution in [0.25, 0.3) is 27.9 Å². The monoisotopic (exact) mass is 389 g/mol. The van der Waals surface area contributed by atoms with Gasteiger partial charge in [-0.2, -0.15) is 5.10 Å². The highest BCUT2D eigenvalue weighted by atomic mass is 16.4. The van der Waals surface area contributed by atoms with Crippen molar-refractivity contribution < 1.29 is 4.42 Å². The van der Waals surface area contributed by atoms with Crippen LogP contribution in [0.15, 0.2) is 51.8 Å². The standard InChI is InChI=1S/C22H23N5O2/c1-13-4-7-21-24-19(12-27(21)25-13)18-8-16-5-6-17(9-20(16)29-22(18)28)26-10-14(2)23-15(3)11-26/h4-9,12,14-15,23H,10-11H2,1-3H3/t14-,15+. The van der Waals surface area contributed by atoms with Crippen molar-refractivity contribution in [3.63, 3.8) is 0 Å². The third kappa shape index (κ3) is 3.27. The first kappa shape index (κ1) is 17.9. The highest BCUT2D eigenvalue weighted by Crippen LogP contribution is 2.26. The van der Waals surface area contributed by atoms with Gasteiger partial charge in [0.25, 0.3) is 0 Å². The molecule has 2 atom stereocenters. The number of benzene rings is 1. The van der Waals surface area contributed by atoms with Crippen LogP contribution in [0, 0.1) is 6.92 Å². The van der Waals surface area contributed by atoms with E-state index in [2.05, 4.69) is 40.2 Å². The molecule has 1 saturated heterocycles. The van der Waals surface area contributed by atoms with E-state index in [-0.39, 0.29) is 0 Å². The Kier molecular flexibility index (Phi) is 4.13. The summed E-state index contributed by atoms with van der Waals surface area (Å²) in [6.07, 6.45) is 1.76. The predicted octanol–water partition coefficient (Wildman–Crippen LogP) is 3.00. The normalized spacial score (nSPS) is 19.9. The van der Waals surface area contributed by atoms with E-state index in [4.69, 9.17) is 4.42 Å². The highest BCUT2D eigenvalue weighted by Gasteiger charge is 2.21. The van der Waals surface area contributed by atoms with Gasteiger partial charge in [0.2, 0.25) is 0 Å². The molecule has 1 N–H and O–H groups in total. The van der Waals surface area contributed by atoms with Crippen LogP contribution in [0.1, 0.15) is 19.5 Å². The molecule has 1 aromatic carbocycles. The molecule has 1 fully saturated rings. The Morgan fingerprint density at radius 1 is 1.10 bits per heavy atom. The fourth-order valence-corrected chi connectivity index (χ4v) is 4.12. The highest BCUT2D eigenvalue weighted by molar-refractivity contribution is 5.84. The lowest BCUT2D eigenvalue weighted by Crippen LogP contribution is -2.54. The van der Waals surface area contributed by atoms with Gasteiger partial charge < -0.3 is 14.6 Å². The Morgan fingerprint density at radius 3 is 2.69 bits per heavy atom. The van der Waals surface area contributed by atoms with Crippen LogP contribution in [0.5, 0.6) is 0 Å². The molecule has 1 aliphatic rings. The second-order valence-corrected chi connectivity index (χ2v) is 7.95. The van der Waals surface area contributed by atoms with Gasteiger partial charge >= 0.3 is 5.63 Å². The quantitative estimate of drug-likeness (QED) is 0.531. The Balaban J connectivity index is 1.55. The number of imidazole rings is 1. The number of rotatable bonds is 2. The topological polar surface area (TPSA) is 75.7 Å². The molecular formula is C22H23N5O2. The fourth-order valence-electron chi connectivity index (χ4n) is 4.12. The zero-order valence-corrected chi connectivity index (χ0v) is 16.7. The zero-order chi connectivity index (χ0) is 20.1. The Hall–Kier alpha value is -3.19. The van der Waals surface area contributed by atoms with Crippen molar-refractivity contribution in [3.05, 3.63) is 58.7 Å². The number of piperazine rings is 1. The summed E-state index contributed by atoms with van der Waals surface area (Å²) in [6.45, 7) is 8.13. The minimum atomic E-state index is -0.392. The van der Waals surface area contributed by atoms with Gasteiger partial charge in [0.05, 0.1) is 23.1 Å². The SMILES string of the molecule is Cc1ccc2nc(-c3cc4ccc(N5C[C@@H](C)N[C@@H](C)C5)cc4oc3=O)cn2n1. The lowest BCUT2D eigenvalue weighted by atomic mass is 10.1. The Morgan fingerprint density at radius 2 is 1.90 bits per heavy atom. The molecule has 5 rings (SSSR count). The molecular weight excluding hydrogens is 366 g/mol. The average Bonchev–Trinajstić information content (AvgIpc) is 3.09. The smallest absolute Gasteiger partial charge is 0.345 e. The van der Waals surface area contributed by atoms with Crippen molar-refractivity contribution in [1.29, 1.82) is 0 Å². The van der Waals surface area contributed by atoms with Crippen molar-refractivity contribution >= 4 is 22.3 Å². The number of nitrogens with zero attached hydrogens (tertiary/aromatic N) is 4. The van der Waals surface area contributed by atoms with Gasteiger partial charge in [-0.1, -0.05) is 0 Å². The molecule has 3 aromatic heterocycles. The van der Waals surface area contributed by atoms with Gasteiger partial charge in [0.1, 0.15) is 5.58 Å². The molecule has 4 aromatic rings. The molecule has 7 heteroatoms. The van der Waals surface area contributed by atoms with Crippen molar-refractivity contribution in [2.24, 2.45) is 0 Å². The second-order valence-electron chi connectivity index (χ2n) is 7.95. The third-order valence-corrected chi connectivity index (χ3v) is 5.37. The Bertz CT molecular complexity index is 1270. The van der Waals surface area contributed by atoms with E-state index in [1.165, 1.54) is 0 Å². The van der Waals surface area contributed by atoms with Gasteiger partial charge in [-0.15, -0.1) is 0 Å². The average molecular weight is 389 g/mol. The van der Waals surface area contributed by atoms with E-state index < -0.39 is 5.63 Å². The van der Waals surface area contributed by atoms with Crippen molar-refractivity contribution in [2.45, 2.75) is 32.9 Å². The minimum Gasteiger partial charge on any atom is -0.422 e. The first-order chi connectivity index (χ1) is 14.0. The van der Waals surface area contributed by atoms with Gasteiger partial charge in [-0.3, -0.25) is 0 Å². The third-order valence-electron chi connectivity index (χ3n) is 5.37. The van der Waals surface area contributed by atoms with Crippen LogP contribution in [0.4, 0.5) is 5.69 Å². The maximum Gasteiger partial charge on any atom is 0.345 e. The summed E-state index contributed by atoms with van der Waals surface area (Å²) < 4.78 is 7.37. The first-order valence-corrected chi connectivity index (χ1v) is 9.88. The van der Waals surface area contributed by atoms with Crippen LogP contribution in [0.3, 0.4) is 0 Å². The van der Waals surface area contributed by atoms with Crippen LogP contribution >= 0.6 is 0 Å². The van der Waals surface area contributed by atoms with Crippen LogP contribution in [-0.2, 0) is 0 Å². The summed E-state index contributed by atoms with van der Waals surface area (Å²) in [5, 5.41) is 8.81. The van der Waals surface area contributed by atoms with Crippen LogP contribution < -0.4 is 15.8 Å². The van der Waals surface area contributed by atoms with Gasteiger partial charge in [-0.05, 0) is 51.1 Å². The summed E-state index contributed by atoms with van der Waals surface area (Å²) in [4.78, 5) is 19.6. The summed E-state index contributed by atoms with van der Waals surface area (Å²) in [5.74, 6) is 0. The summed E-state index contributed by atoms with van der Waals surface area (Å²) in [5.41, 5.74) is 3.86. The molecule has 0 bridgehead atoms. The maximum absolute atomic E-state index is 12.7. The van der Waals surface area contributed by atoms with E-state index in [9.17, 15) is 4.79 Å². The zero-order valence-electron chi connectivity index (χ0n) is 16.7. The molecule has 0 spiro atoms. The largest absolute Gasteiger partial charge is 0.422 e. The summed E-state index contributed by atoms with van der Waals surface area (Å²) in [6, 6.07) is 12.5. The molecule has 0 amide bonds. The van der Waals surface area contributed by atoms with Gasteiger partial charge in [0, 0.05) is 42.3 Å². The molecule has 4 heterocycles. The van der Waals surface area contributed by atoms with Crippen LogP contribution in [0.2, 0.25) is 0 Å². The van der Waals surface area contributed by atoms with E-state index in [1.807, 2.05) is 37.3 Å². The lowest BCUT2D eigenvalue weighted by molar-refractivity contribution is 0.407. The number of anilines is 1. The molecule has 148 valence electrons. The van der Waals surface area contributed by atoms with Crippen LogP contribution in [-0.4, -0.2) is 39.8 Å². The molecule has 0 radical (unpaired) electrons. The number of nitrogens with one attached hydrogen (secondary N) is 1. The van der Waals surface area contributed by atoms with Crippen molar-refractivity contribution in [2.75, 3.05) is 18.0 Å². The van der Waals surface area contributed by atoms with E-state index in [0.717, 1.165) is 29.9 Å². The fraction of sp³-hybridized carbons (Fsp3) is 0.318. The number of fused-ring (bicyclic) bond motifs is 2. The Labute approximate surface area is 168 Å². The summed E-state index contributed by atoms with van der Waals surface area (Å²) >= 11 is 0. The molecule has 29 heavy (non-hydrogen) atoms. The van der Waals surface area contributed by atoms with E-state index in [1.54, 1.807) is 10.7 Å². The van der Waals surface area contributed by atoms with Crippen molar-refractivity contribution in [1.82, 2.24) is 19.9 Å². The predicted molar refractivity (Wildman–Crippen MR) is 113 cm³/mol. The molecule has 1 aliphatic heterocycles. The number of aryl methyl sites for hydroxylation is 1. The molecule has 0 aliphatic carbocycles. The molecule has 7 nitrogen and oxygen atoms in total. The lowest BCUT2D eigenvalue weighted by Gasteiger charge is -2.37. The van der Waals surface area contributed by atoms with E-state index >= 15 is 0 Å². The number of hydrogen-bond donors (Lipinski definition) is 1. The minimum absolute atomic E-state index is 0.392. The van der Waals surface area contributed by atoms with Gasteiger partial charge in [0.15, 0.2) is 5.65 Å². The second kappa shape index (κ2) is 6.70. The van der Waals surface area contributed by atoms with Gasteiger partial charge in [-0.25, -0.2) is 14.3 Å². The molecule has 0 unspecified atom stereocenters. The molecule has 0 saturated carbocycles. The maximum atomic E-state index is 12.7. The van der Waals surface area contributed by atoms with Crippen molar-refractivity contribution in [3.8, 4) is 11.3 Å². The number of hydrogen-bond acceptors (Lipinski definition) is 6. The number of aromatic nitrogens is 3. The van der Waals surface area contributed by atoms with E-state index in [0.29, 0.717) is 34.6 Å².